The summed E-state index contributed by atoms with van der Waals surface area (Å²) in [5.41, 5.74) is 4.41. The third-order valence-corrected chi connectivity index (χ3v) is 3.44. The van der Waals surface area contributed by atoms with E-state index in [1.165, 1.54) is 6.07 Å². The molecule has 0 saturated heterocycles. The van der Waals surface area contributed by atoms with Crippen molar-refractivity contribution in [2.24, 2.45) is 0 Å². The molecule has 0 aromatic heterocycles. The first-order chi connectivity index (χ1) is 9.68. The highest BCUT2D eigenvalue weighted by Crippen LogP contribution is 2.38. The van der Waals surface area contributed by atoms with Gasteiger partial charge in [-0.25, -0.2) is 4.39 Å². The fraction of sp³-hybridized carbons (Fsp3) is 0.0769. The van der Waals surface area contributed by atoms with Gasteiger partial charge in [0, 0.05) is 6.07 Å². The Morgan fingerprint density at radius 2 is 1.76 bits per heavy atom. The zero-order valence-corrected chi connectivity index (χ0v) is 12.5. The number of nitrogen functional groups attached to an aromatic ring is 1. The first kappa shape index (κ1) is 15.9. The Labute approximate surface area is 130 Å². The highest BCUT2D eigenvalue weighted by molar-refractivity contribution is 9.10. The molecule has 0 aliphatic rings. The molecule has 0 aliphatic heterocycles. The molecule has 0 saturated carbocycles. The van der Waals surface area contributed by atoms with Crippen molar-refractivity contribution >= 4 is 33.2 Å². The summed E-state index contributed by atoms with van der Waals surface area (Å²) >= 11 is 8.69. The lowest BCUT2D eigenvalue weighted by molar-refractivity contribution is -0.137. The predicted octanol–water partition coefficient (Wildman–Crippen LogP) is 5.63. The Balaban J connectivity index is 2.35. The molecule has 8 heteroatoms. The van der Waals surface area contributed by atoms with Gasteiger partial charge in [-0.05, 0) is 40.2 Å². The second kappa shape index (κ2) is 5.73. The molecule has 0 unspecified atom stereocenters. The number of hydrogen-bond donors (Lipinski definition) is 1. The number of hydrogen-bond acceptors (Lipinski definition) is 2. The molecule has 0 radical (unpaired) electrons. The van der Waals surface area contributed by atoms with Crippen molar-refractivity contribution in [1.82, 2.24) is 0 Å². The van der Waals surface area contributed by atoms with E-state index in [2.05, 4.69) is 15.9 Å². The minimum absolute atomic E-state index is 0.0228. The molecular formula is C13H7BrClF4NO. The highest BCUT2D eigenvalue weighted by Gasteiger charge is 2.31. The van der Waals surface area contributed by atoms with E-state index < -0.39 is 17.6 Å². The van der Waals surface area contributed by atoms with Gasteiger partial charge in [-0.15, -0.1) is 0 Å². The van der Waals surface area contributed by atoms with Gasteiger partial charge in [0.25, 0.3) is 0 Å². The Kier molecular flexibility index (Phi) is 4.34. The van der Waals surface area contributed by atoms with Gasteiger partial charge in [-0.1, -0.05) is 11.6 Å². The molecule has 0 fully saturated rings. The minimum Gasteiger partial charge on any atom is -0.454 e. The van der Waals surface area contributed by atoms with E-state index in [0.717, 1.165) is 24.3 Å². The summed E-state index contributed by atoms with van der Waals surface area (Å²) in [6, 6.07) is 4.91. The zero-order chi connectivity index (χ0) is 15.8. The lowest BCUT2D eigenvalue weighted by Gasteiger charge is -2.13. The van der Waals surface area contributed by atoms with Crippen molar-refractivity contribution in [3.05, 3.63) is 51.2 Å². The third kappa shape index (κ3) is 3.59. The van der Waals surface area contributed by atoms with Crippen LogP contribution in [0.15, 0.2) is 34.8 Å². The normalized spacial score (nSPS) is 11.5. The molecule has 2 N–H and O–H groups in total. The smallest absolute Gasteiger partial charge is 0.416 e. The monoisotopic (exact) mass is 383 g/mol. The molecule has 0 spiro atoms. The highest BCUT2D eigenvalue weighted by atomic mass is 79.9. The molecule has 2 aromatic rings. The van der Waals surface area contributed by atoms with Crippen LogP contribution < -0.4 is 10.5 Å². The number of nitrogens with two attached hydrogens (primary N) is 1. The van der Waals surface area contributed by atoms with Crippen LogP contribution in [0.5, 0.6) is 11.5 Å². The third-order valence-electron chi connectivity index (χ3n) is 2.53. The van der Waals surface area contributed by atoms with E-state index in [1.54, 1.807) is 0 Å². The molecule has 0 heterocycles. The van der Waals surface area contributed by atoms with Crippen molar-refractivity contribution in [3.8, 4) is 11.5 Å². The van der Waals surface area contributed by atoms with Gasteiger partial charge >= 0.3 is 6.18 Å². The van der Waals surface area contributed by atoms with Gasteiger partial charge in [-0.2, -0.15) is 13.2 Å². The maximum Gasteiger partial charge on any atom is 0.416 e. The molecule has 2 rings (SSSR count). The summed E-state index contributed by atoms with van der Waals surface area (Å²) in [5.74, 6) is -0.700. The minimum atomic E-state index is -4.50. The van der Waals surface area contributed by atoms with E-state index in [9.17, 15) is 17.6 Å². The molecule has 0 bridgehead atoms. The SMILES string of the molecule is Nc1cc(C(F)(F)F)ccc1Oc1cc(F)c(Cl)cc1Br. The molecule has 112 valence electrons. The summed E-state index contributed by atoms with van der Waals surface area (Å²) < 4.78 is 56.6. The molecule has 21 heavy (non-hydrogen) atoms. The van der Waals surface area contributed by atoms with E-state index in [0.29, 0.717) is 4.47 Å². The second-order valence-electron chi connectivity index (χ2n) is 4.05. The van der Waals surface area contributed by atoms with E-state index in [4.69, 9.17) is 22.1 Å². The maximum absolute atomic E-state index is 13.4. The molecule has 2 aromatic carbocycles. The van der Waals surface area contributed by atoms with Crippen LogP contribution in [0.2, 0.25) is 5.02 Å². The van der Waals surface area contributed by atoms with E-state index in [-0.39, 0.29) is 22.2 Å². The molecule has 0 aliphatic carbocycles. The van der Waals surface area contributed by atoms with Crippen LogP contribution in [-0.2, 0) is 6.18 Å². The largest absolute Gasteiger partial charge is 0.454 e. The Morgan fingerprint density at radius 1 is 1.10 bits per heavy atom. The van der Waals surface area contributed by atoms with Crippen molar-refractivity contribution < 1.29 is 22.3 Å². The number of ether oxygens (including phenoxy) is 1. The van der Waals surface area contributed by atoms with Crippen LogP contribution >= 0.6 is 27.5 Å². The lowest BCUT2D eigenvalue weighted by atomic mass is 10.2. The fourth-order valence-electron chi connectivity index (χ4n) is 1.52. The molecular weight excluding hydrogens is 377 g/mol. The van der Waals surface area contributed by atoms with Gasteiger partial charge < -0.3 is 10.5 Å². The fourth-order valence-corrected chi connectivity index (χ4v) is 2.24. The summed E-state index contributed by atoms with van der Waals surface area (Å²) in [6.45, 7) is 0. The van der Waals surface area contributed by atoms with Crippen LogP contribution in [0.4, 0.5) is 23.2 Å². The van der Waals surface area contributed by atoms with Crippen LogP contribution in [0.1, 0.15) is 5.56 Å². The summed E-state index contributed by atoms with van der Waals surface area (Å²) in [5, 5.41) is -0.116. The Morgan fingerprint density at radius 3 is 2.33 bits per heavy atom. The maximum atomic E-state index is 13.4. The Hall–Kier alpha value is -1.47. The van der Waals surface area contributed by atoms with Crippen molar-refractivity contribution in [2.75, 3.05) is 5.73 Å². The summed E-state index contributed by atoms with van der Waals surface area (Å²) in [6.07, 6.45) is -4.50. The second-order valence-corrected chi connectivity index (χ2v) is 5.31. The molecule has 0 atom stereocenters. The number of anilines is 1. The zero-order valence-electron chi connectivity index (χ0n) is 10.1. The quantitative estimate of drug-likeness (QED) is 0.413. The molecule has 0 amide bonds. The summed E-state index contributed by atoms with van der Waals surface area (Å²) in [7, 11) is 0. The van der Waals surface area contributed by atoms with Crippen LogP contribution in [0.25, 0.3) is 0 Å². The topological polar surface area (TPSA) is 35.2 Å². The van der Waals surface area contributed by atoms with Crippen LogP contribution in [0, 0.1) is 5.82 Å². The first-order valence-corrected chi connectivity index (χ1v) is 6.64. The lowest BCUT2D eigenvalue weighted by Crippen LogP contribution is -2.06. The van der Waals surface area contributed by atoms with E-state index in [1.807, 2.05) is 0 Å². The number of rotatable bonds is 2. The average molecular weight is 385 g/mol. The number of benzene rings is 2. The standard InChI is InChI=1S/C13H7BrClF4NO/c14-7-4-8(15)9(16)5-12(7)21-11-2-1-6(3-10(11)20)13(17,18)19/h1-5H,20H2. The number of halogens is 6. The van der Waals surface area contributed by atoms with Crippen molar-refractivity contribution in [1.29, 1.82) is 0 Å². The van der Waals surface area contributed by atoms with Gasteiger partial charge in [-0.3, -0.25) is 0 Å². The molecule has 2 nitrogen and oxygen atoms in total. The predicted molar refractivity (Wildman–Crippen MR) is 75.0 cm³/mol. The first-order valence-electron chi connectivity index (χ1n) is 5.47. The van der Waals surface area contributed by atoms with Crippen LogP contribution in [0.3, 0.4) is 0 Å². The van der Waals surface area contributed by atoms with Gasteiger partial charge in [0.2, 0.25) is 0 Å². The van der Waals surface area contributed by atoms with Gasteiger partial charge in [0.15, 0.2) is 0 Å². The van der Waals surface area contributed by atoms with E-state index >= 15 is 0 Å². The van der Waals surface area contributed by atoms with Crippen molar-refractivity contribution in [3.63, 3.8) is 0 Å². The van der Waals surface area contributed by atoms with Gasteiger partial charge in [0.1, 0.15) is 17.3 Å². The van der Waals surface area contributed by atoms with Gasteiger partial charge in [0.05, 0.1) is 20.7 Å². The average Bonchev–Trinajstić information content (AvgIpc) is 2.36. The van der Waals surface area contributed by atoms with Crippen LogP contribution in [-0.4, -0.2) is 0 Å². The van der Waals surface area contributed by atoms with Crippen molar-refractivity contribution in [2.45, 2.75) is 6.18 Å². The summed E-state index contributed by atoms with van der Waals surface area (Å²) in [4.78, 5) is 0. The number of alkyl halides is 3. The Bertz CT molecular complexity index is 691.